The molecule has 2 N–H and O–H groups in total. The Labute approximate surface area is 166 Å². The molecule has 3 nitrogen and oxygen atoms in total. The second-order valence-electron chi connectivity index (χ2n) is 6.75. The first-order valence-electron chi connectivity index (χ1n) is 9.15. The average molecular weight is 382 g/mol. The van der Waals surface area contributed by atoms with Crippen LogP contribution in [-0.2, 0) is 0 Å². The molecule has 1 aliphatic rings. The largest absolute Gasteiger partial charge is 0.453 e. The number of hydrogen-bond donors (Lipinski definition) is 1. The van der Waals surface area contributed by atoms with Gasteiger partial charge in [0.15, 0.2) is 11.5 Å². The van der Waals surface area contributed by atoms with Gasteiger partial charge in [-0.05, 0) is 60.7 Å². The van der Waals surface area contributed by atoms with E-state index in [0.29, 0.717) is 17.4 Å². The molecule has 27 heavy (non-hydrogen) atoms. The minimum atomic E-state index is 0. The van der Waals surface area contributed by atoms with Gasteiger partial charge in [0.1, 0.15) is 11.5 Å². The summed E-state index contributed by atoms with van der Waals surface area (Å²) in [6.45, 7) is 0. The van der Waals surface area contributed by atoms with Crippen LogP contribution in [0.3, 0.4) is 0 Å². The Morgan fingerprint density at radius 1 is 0.741 bits per heavy atom. The highest BCUT2D eigenvalue weighted by molar-refractivity contribution is 5.85. The molecule has 0 unspecified atom stereocenters. The molecule has 0 aromatic heterocycles. The van der Waals surface area contributed by atoms with E-state index in [0.717, 1.165) is 17.1 Å². The van der Waals surface area contributed by atoms with Gasteiger partial charge in [-0.25, -0.2) is 0 Å². The third kappa shape index (κ3) is 4.62. The van der Waals surface area contributed by atoms with E-state index in [1.807, 2.05) is 72.8 Å². The lowest BCUT2D eigenvalue weighted by atomic mass is 9.77. The molecule has 0 saturated heterocycles. The standard InChI is InChI=1S/C23H23NO2.ClH/c24-23(17-8-7-9-17)18-14-15-21(25-19-10-3-1-4-11-19)22(16-18)26-20-12-5-2-6-13-20;/h1-6,10-17,23H,7-9,24H2;1H/t23-;/m0./s1. The fourth-order valence-electron chi connectivity index (χ4n) is 3.20. The van der Waals surface area contributed by atoms with Crippen LogP contribution >= 0.6 is 12.4 Å². The Morgan fingerprint density at radius 3 is 1.81 bits per heavy atom. The Kier molecular flexibility index (Phi) is 6.38. The van der Waals surface area contributed by atoms with E-state index in [-0.39, 0.29) is 18.4 Å². The van der Waals surface area contributed by atoms with Gasteiger partial charge < -0.3 is 15.2 Å². The van der Waals surface area contributed by atoms with E-state index in [9.17, 15) is 0 Å². The molecule has 1 saturated carbocycles. The Balaban J connectivity index is 0.00000210. The third-order valence-corrected chi connectivity index (χ3v) is 4.95. The second-order valence-corrected chi connectivity index (χ2v) is 6.75. The molecule has 0 aliphatic heterocycles. The van der Waals surface area contributed by atoms with E-state index in [1.165, 1.54) is 19.3 Å². The molecular formula is C23H24ClNO2. The Morgan fingerprint density at radius 2 is 1.30 bits per heavy atom. The van der Waals surface area contributed by atoms with Crippen molar-refractivity contribution in [3.8, 4) is 23.0 Å². The quantitative estimate of drug-likeness (QED) is 0.530. The lowest BCUT2D eigenvalue weighted by molar-refractivity contribution is 0.264. The Hall–Kier alpha value is -2.49. The van der Waals surface area contributed by atoms with Crippen molar-refractivity contribution >= 4 is 12.4 Å². The van der Waals surface area contributed by atoms with Gasteiger partial charge in [0.05, 0.1) is 0 Å². The van der Waals surface area contributed by atoms with Crippen molar-refractivity contribution in [1.29, 1.82) is 0 Å². The molecule has 3 aromatic carbocycles. The van der Waals surface area contributed by atoms with Gasteiger partial charge in [-0.3, -0.25) is 0 Å². The van der Waals surface area contributed by atoms with Crippen molar-refractivity contribution < 1.29 is 9.47 Å². The molecule has 0 heterocycles. The minimum absolute atomic E-state index is 0. The number of halogens is 1. The number of para-hydroxylation sites is 2. The van der Waals surface area contributed by atoms with E-state index < -0.39 is 0 Å². The van der Waals surface area contributed by atoms with Crippen molar-refractivity contribution in [1.82, 2.24) is 0 Å². The number of benzene rings is 3. The molecular weight excluding hydrogens is 358 g/mol. The van der Waals surface area contributed by atoms with Crippen molar-refractivity contribution in [2.45, 2.75) is 25.3 Å². The summed E-state index contributed by atoms with van der Waals surface area (Å²) in [6, 6.07) is 25.6. The molecule has 1 atom stereocenters. The van der Waals surface area contributed by atoms with Crippen molar-refractivity contribution in [3.05, 3.63) is 84.4 Å². The number of ether oxygens (including phenoxy) is 2. The van der Waals surface area contributed by atoms with Gasteiger partial charge in [0.25, 0.3) is 0 Å². The Bertz CT molecular complexity index is 851. The summed E-state index contributed by atoms with van der Waals surface area (Å²) in [6.07, 6.45) is 3.69. The molecule has 140 valence electrons. The minimum Gasteiger partial charge on any atom is -0.453 e. The van der Waals surface area contributed by atoms with E-state index in [2.05, 4.69) is 6.07 Å². The lowest BCUT2D eigenvalue weighted by Crippen LogP contribution is -2.26. The number of nitrogens with two attached hydrogens (primary N) is 1. The highest BCUT2D eigenvalue weighted by Gasteiger charge is 2.26. The molecule has 4 heteroatoms. The molecule has 1 fully saturated rings. The average Bonchev–Trinajstić information content (AvgIpc) is 2.63. The van der Waals surface area contributed by atoms with E-state index >= 15 is 0 Å². The monoisotopic (exact) mass is 381 g/mol. The second kappa shape index (κ2) is 8.94. The highest BCUT2D eigenvalue weighted by atomic mass is 35.5. The normalized spacial score (nSPS) is 14.6. The molecule has 0 spiro atoms. The van der Waals surface area contributed by atoms with Gasteiger partial charge in [-0.2, -0.15) is 0 Å². The van der Waals surface area contributed by atoms with Gasteiger partial charge in [-0.15, -0.1) is 12.4 Å². The zero-order valence-electron chi connectivity index (χ0n) is 15.1. The van der Waals surface area contributed by atoms with Crippen LogP contribution in [0.15, 0.2) is 78.9 Å². The van der Waals surface area contributed by atoms with Crippen molar-refractivity contribution in [2.24, 2.45) is 11.7 Å². The summed E-state index contributed by atoms with van der Waals surface area (Å²) >= 11 is 0. The molecule has 4 rings (SSSR count). The summed E-state index contributed by atoms with van der Waals surface area (Å²) in [4.78, 5) is 0. The first-order valence-corrected chi connectivity index (χ1v) is 9.15. The first kappa shape index (κ1) is 19.3. The van der Waals surface area contributed by atoms with Gasteiger partial charge >= 0.3 is 0 Å². The van der Waals surface area contributed by atoms with Gasteiger partial charge in [-0.1, -0.05) is 48.9 Å². The highest BCUT2D eigenvalue weighted by Crippen LogP contribution is 2.41. The van der Waals surface area contributed by atoms with Gasteiger partial charge in [0, 0.05) is 6.04 Å². The van der Waals surface area contributed by atoms with Crippen molar-refractivity contribution in [2.75, 3.05) is 0 Å². The van der Waals surface area contributed by atoms with E-state index in [4.69, 9.17) is 15.2 Å². The predicted octanol–water partition coefficient (Wildman–Crippen LogP) is 6.49. The van der Waals surface area contributed by atoms with Crippen LogP contribution in [0.2, 0.25) is 0 Å². The summed E-state index contributed by atoms with van der Waals surface area (Å²) in [5.74, 6) is 3.50. The molecule has 3 aromatic rings. The number of rotatable bonds is 6. The van der Waals surface area contributed by atoms with Crippen molar-refractivity contribution in [3.63, 3.8) is 0 Å². The molecule has 1 aliphatic carbocycles. The summed E-state index contributed by atoms with van der Waals surface area (Å²) in [7, 11) is 0. The summed E-state index contributed by atoms with van der Waals surface area (Å²) in [5.41, 5.74) is 7.57. The fraction of sp³-hybridized carbons (Fsp3) is 0.217. The SMILES string of the molecule is Cl.N[C@H](c1ccc(Oc2ccccc2)c(Oc2ccccc2)c1)C1CCC1. The summed E-state index contributed by atoms with van der Waals surface area (Å²) in [5, 5.41) is 0. The zero-order valence-corrected chi connectivity index (χ0v) is 15.9. The van der Waals surface area contributed by atoms with Gasteiger partial charge in [0.2, 0.25) is 0 Å². The van der Waals surface area contributed by atoms with Crippen LogP contribution in [0.25, 0.3) is 0 Å². The molecule has 0 bridgehead atoms. The predicted molar refractivity (Wildman–Crippen MR) is 111 cm³/mol. The fourth-order valence-corrected chi connectivity index (χ4v) is 3.20. The van der Waals surface area contributed by atoms with Crippen LogP contribution in [0.4, 0.5) is 0 Å². The third-order valence-electron chi connectivity index (χ3n) is 4.95. The topological polar surface area (TPSA) is 44.5 Å². The zero-order chi connectivity index (χ0) is 17.8. The van der Waals surface area contributed by atoms with Crippen LogP contribution in [0.5, 0.6) is 23.0 Å². The van der Waals surface area contributed by atoms with Crippen LogP contribution in [0, 0.1) is 5.92 Å². The summed E-state index contributed by atoms with van der Waals surface area (Å²) < 4.78 is 12.2. The maximum atomic E-state index is 6.47. The maximum absolute atomic E-state index is 6.47. The van der Waals surface area contributed by atoms with Crippen LogP contribution in [-0.4, -0.2) is 0 Å². The first-order chi connectivity index (χ1) is 12.8. The molecule has 0 amide bonds. The van der Waals surface area contributed by atoms with Crippen LogP contribution in [0.1, 0.15) is 30.9 Å². The van der Waals surface area contributed by atoms with Crippen LogP contribution < -0.4 is 15.2 Å². The maximum Gasteiger partial charge on any atom is 0.170 e. The molecule has 0 radical (unpaired) electrons. The number of hydrogen-bond acceptors (Lipinski definition) is 3. The lowest BCUT2D eigenvalue weighted by Gasteiger charge is -2.31. The smallest absolute Gasteiger partial charge is 0.170 e. The van der Waals surface area contributed by atoms with E-state index in [1.54, 1.807) is 0 Å².